The summed E-state index contributed by atoms with van der Waals surface area (Å²) in [6.45, 7) is 2.06. The molecule has 2 aromatic carbocycles. The van der Waals surface area contributed by atoms with Gasteiger partial charge < -0.3 is 10.4 Å². The number of aromatic nitrogens is 2. The quantitative estimate of drug-likeness (QED) is 0.519. The lowest BCUT2D eigenvalue weighted by molar-refractivity contribution is 0.475. The van der Waals surface area contributed by atoms with Gasteiger partial charge in [0.2, 0.25) is 0 Å². The van der Waals surface area contributed by atoms with Gasteiger partial charge >= 0.3 is 0 Å². The molecule has 5 heteroatoms. The second-order valence-electron chi connectivity index (χ2n) is 5.92. The van der Waals surface area contributed by atoms with E-state index >= 15 is 0 Å². The van der Waals surface area contributed by atoms with Crippen LogP contribution in [0.3, 0.4) is 0 Å². The predicted molar refractivity (Wildman–Crippen MR) is 102 cm³/mol. The van der Waals surface area contributed by atoms with Gasteiger partial charge in [-0.1, -0.05) is 29.3 Å². The maximum atomic E-state index is 9.55. The number of rotatable bonds is 3. The third-order valence-corrected chi connectivity index (χ3v) is 4.26. The highest BCUT2D eigenvalue weighted by Gasteiger charge is 2.15. The summed E-state index contributed by atoms with van der Waals surface area (Å²) in [4.78, 5) is 4.73. The van der Waals surface area contributed by atoms with E-state index in [0.717, 1.165) is 28.4 Å². The fourth-order valence-corrected chi connectivity index (χ4v) is 2.89. The number of phenolic OH excluding ortho intramolecular Hbond substituents is 1. The zero-order chi connectivity index (χ0) is 17.4. The first-order valence-electron chi connectivity index (χ1n) is 7.91. The minimum absolute atomic E-state index is 0.226. The summed E-state index contributed by atoms with van der Waals surface area (Å²) in [7, 11) is 0. The summed E-state index contributed by atoms with van der Waals surface area (Å²) in [5, 5.41) is 13.6. The topological polar surface area (TPSA) is 49.6 Å². The van der Waals surface area contributed by atoms with Crippen molar-refractivity contribution < 1.29 is 5.11 Å². The third-order valence-electron chi connectivity index (χ3n) is 4.04. The molecule has 0 unspecified atom stereocenters. The lowest BCUT2D eigenvalue weighted by Gasteiger charge is -2.09. The molecule has 4 rings (SSSR count). The molecule has 0 radical (unpaired) electrons. The van der Waals surface area contributed by atoms with Gasteiger partial charge in [0.05, 0.1) is 5.02 Å². The normalized spacial score (nSPS) is 11.0. The van der Waals surface area contributed by atoms with Crippen molar-refractivity contribution in [3.63, 3.8) is 0 Å². The Labute approximate surface area is 150 Å². The van der Waals surface area contributed by atoms with Crippen molar-refractivity contribution in [1.82, 2.24) is 9.38 Å². The van der Waals surface area contributed by atoms with E-state index in [0.29, 0.717) is 5.02 Å². The number of imidazole rings is 1. The number of hydrogen-bond donors (Lipinski definition) is 2. The molecular weight excluding hydrogens is 334 g/mol. The minimum atomic E-state index is 0.226. The molecular formula is C20H16ClN3O. The van der Waals surface area contributed by atoms with Crippen molar-refractivity contribution in [3.8, 4) is 17.0 Å². The Balaban J connectivity index is 1.89. The van der Waals surface area contributed by atoms with Crippen LogP contribution in [0.15, 0.2) is 66.9 Å². The van der Waals surface area contributed by atoms with Crippen LogP contribution in [0.25, 0.3) is 16.9 Å². The molecule has 25 heavy (non-hydrogen) atoms. The van der Waals surface area contributed by atoms with E-state index < -0.39 is 0 Å². The van der Waals surface area contributed by atoms with E-state index in [4.69, 9.17) is 16.6 Å². The van der Waals surface area contributed by atoms with Gasteiger partial charge in [-0.2, -0.15) is 0 Å². The molecule has 0 aliphatic carbocycles. The maximum absolute atomic E-state index is 9.55. The number of fused-ring (bicyclic) bond motifs is 1. The van der Waals surface area contributed by atoms with Crippen LogP contribution in [0.1, 0.15) is 5.56 Å². The van der Waals surface area contributed by atoms with Gasteiger partial charge in [-0.15, -0.1) is 0 Å². The molecule has 124 valence electrons. The maximum Gasteiger partial charge on any atom is 0.143 e. The van der Waals surface area contributed by atoms with Crippen molar-refractivity contribution in [1.29, 1.82) is 0 Å². The molecule has 2 heterocycles. The molecule has 4 aromatic rings. The molecule has 0 aliphatic heterocycles. The van der Waals surface area contributed by atoms with Gasteiger partial charge in [0.25, 0.3) is 0 Å². The Morgan fingerprint density at radius 2 is 1.68 bits per heavy atom. The van der Waals surface area contributed by atoms with Crippen molar-refractivity contribution in [2.24, 2.45) is 0 Å². The number of hydrogen-bond acceptors (Lipinski definition) is 3. The standard InChI is InChI=1S/C20H16ClN3O/c1-13-2-7-16(8-3-13)22-20-19(14-4-9-17(25)10-5-14)23-18-11-6-15(21)12-24(18)20/h2-12,22,25H,1H3. The number of benzene rings is 2. The predicted octanol–water partition coefficient (Wildman–Crippen LogP) is 5.41. The van der Waals surface area contributed by atoms with E-state index in [1.165, 1.54) is 5.56 Å². The lowest BCUT2D eigenvalue weighted by Crippen LogP contribution is -1.97. The Hall–Kier alpha value is -2.98. The summed E-state index contributed by atoms with van der Waals surface area (Å²) < 4.78 is 1.93. The van der Waals surface area contributed by atoms with Gasteiger partial charge in [-0.25, -0.2) is 4.98 Å². The van der Waals surface area contributed by atoms with E-state index in [9.17, 15) is 5.11 Å². The average Bonchev–Trinajstić information content (AvgIpc) is 2.95. The molecule has 0 fully saturated rings. The van der Waals surface area contributed by atoms with Gasteiger partial charge in [0.15, 0.2) is 0 Å². The average molecular weight is 350 g/mol. The van der Waals surface area contributed by atoms with E-state index in [2.05, 4.69) is 24.4 Å². The van der Waals surface area contributed by atoms with Crippen molar-refractivity contribution in [2.75, 3.05) is 5.32 Å². The second-order valence-corrected chi connectivity index (χ2v) is 6.36. The molecule has 0 saturated carbocycles. The first-order chi connectivity index (χ1) is 12.1. The summed E-state index contributed by atoms with van der Waals surface area (Å²) in [6, 6.07) is 18.9. The van der Waals surface area contributed by atoms with Crippen molar-refractivity contribution >= 4 is 28.8 Å². The highest BCUT2D eigenvalue weighted by Crippen LogP contribution is 2.32. The molecule has 0 aliphatic rings. The second kappa shape index (κ2) is 6.15. The van der Waals surface area contributed by atoms with Gasteiger partial charge in [0, 0.05) is 17.4 Å². The molecule has 2 N–H and O–H groups in total. The number of aromatic hydroxyl groups is 1. The highest BCUT2D eigenvalue weighted by atomic mass is 35.5. The zero-order valence-corrected chi connectivity index (χ0v) is 14.3. The Morgan fingerprint density at radius 1 is 0.960 bits per heavy atom. The Morgan fingerprint density at radius 3 is 2.40 bits per heavy atom. The summed E-state index contributed by atoms with van der Waals surface area (Å²) in [6.07, 6.45) is 1.84. The summed E-state index contributed by atoms with van der Waals surface area (Å²) >= 11 is 6.18. The van der Waals surface area contributed by atoms with Gasteiger partial charge in [0.1, 0.15) is 22.9 Å². The number of halogens is 1. The molecule has 0 atom stereocenters. The van der Waals surface area contributed by atoms with Crippen LogP contribution in [0, 0.1) is 6.92 Å². The minimum Gasteiger partial charge on any atom is -0.508 e. The number of nitrogens with zero attached hydrogens (tertiary/aromatic N) is 2. The molecule has 0 saturated heterocycles. The van der Waals surface area contributed by atoms with Crippen LogP contribution in [-0.2, 0) is 0 Å². The highest BCUT2D eigenvalue weighted by molar-refractivity contribution is 6.30. The number of pyridine rings is 1. The zero-order valence-electron chi connectivity index (χ0n) is 13.6. The molecule has 0 spiro atoms. The SMILES string of the molecule is Cc1ccc(Nc2c(-c3ccc(O)cc3)nc3ccc(Cl)cn23)cc1. The largest absolute Gasteiger partial charge is 0.508 e. The molecule has 2 aromatic heterocycles. The number of anilines is 2. The summed E-state index contributed by atoms with van der Waals surface area (Å²) in [5.74, 6) is 1.05. The fraction of sp³-hybridized carbons (Fsp3) is 0.0500. The number of phenols is 1. The van der Waals surface area contributed by atoms with Crippen LogP contribution in [0.4, 0.5) is 11.5 Å². The molecule has 0 bridgehead atoms. The number of nitrogens with one attached hydrogen (secondary N) is 1. The van der Waals surface area contributed by atoms with Crippen molar-refractivity contribution in [2.45, 2.75) is 6.92 Å². The first-order valence-corrected chi connectivity index (χ1v) is 8.29. The third kappa shape index (κ3) is 3.04. The Bertz CT molecular complexity index is 1040. The van der Waals surface area contributed by atoms with E-state index in [-0.39, 0.29) is 5.75 Å². The fourth-order valence-electron chi connectivity index (χ4n) is 2.73. The lowest BCUT2D eigenvalue weighted by atomic mass is 10.1. The monoisotopic (exact) mass is 349 g/mol. The Kier molecular flexibility index (Phi) is 3.82. The van der Waals surface area contributed by atoms with Gasteiger partial charge in [-0.05, 0) is 55.5 Å². The number of aryl methyl sites for hydroxylation is 1. The molecule has 0 amide bonds. The van der Waals surface area contributed by atoms with Gasteiger partial charge in [-0.3, -0.25) is 4.40 Å². The smallest absolute Gasteiger partial charge is 0.143 e. The molecule has 4 nitrogen and oxygen atoms in total. The van der Waals surface area contributed by atoms with E-state index in [1.807, 2.05) is 47.0 Å². The first kappa shape index (κ1) is 15.5. The van der Waals surface area contributed by atoms with Crippen LogP contribution in [0.2, 0.25) is 5.02 Å². The van der Waals surface area contributed by atoms with Crippen LogP contribution >= 0.6 is 11.6 Å². The van der Waals surface area contributed by atoms with Crippen LogP contribution in [0.5, 0.6) is 5.75 Å². The summed E-state index contributed by atoms with van der Waals surface area (Å²) in [5.41, 5.74) is 4.66. The van der Waals surface area contributed by atoms with Crippen LogP contribution < -0.4 is 5.32 Å². The van der Waals surface area contributed by atoms with E-state index in [1.54, 1.807) is 12.1 Å². The van der Waals surface area contributed by atoms with Crippen molar-refractivity contribution in [3.05, 3.63) is 77.4 Å². The van der Waals surface area contributed by atoms with Crippen LogP contribution in [-0.4, -0.2) is 14.5 Å².